The lowest BCUT2D eigenvalue weighted by Gasteiger charge is -2.42. The molecule has 6 heteroatoms. The highest BCUT2D eigenvalue weighted by Crippen LogP contribution is 2.42. The minimum Gasteiger partial charge on any atom is -0.484 e. The molecule has 0 radical (unpaired) electrons. The first-order valence-electron chi connectivity index (χ1n) is 12.6. The molecule has 0 aliphatic heterocycles. The van der Waals surface area contributed by atoms with Crippen molar-refractivity contribution in [3.63, 3.8) is 0 Å². The van der Waals surface area contributed by atoms with Gasteiger partial charge in [-0.2, -0.15) is 0 Å². The van der Waals surface area contributed by atoms with E-state index in [9.17, 15) is 4.79 Å². The quantitative estimate of drug-likeness (QED) is 0.244. The fourth-order valence-corrected chi connectivity index (χ4v) is 4.93. The summed E-state index contributed by atoms with van der Waals surface area (Å²) in [4.78, 5) is 17.6. The molecule has 0 saturated heterocycles. The van der Waals surface area contributed by atoms with Gasteiger partial charge in [-0.05, 0) is 92.3 Å². The first-order chi connectivity index (χ1) is 16.7. The van der Waals surface area contributed by atoms with Crippen LogP contribution in [0.1, 0.15) is 57.4 Å². The van der Waals surface area contributed by atoms with Gasteiger partial charge in [-0.25, -0.2) is 0 Å². The van der Waals surface area contributed by atoms with Crippen LogP contribution in [0.3, 0.4) is 0 Å². The van der Waals surface area contributed by atoms with E-state index in [1.807, 2.05) is 54.6 Å². The Morgan fingerprint density at radius 2 is 1.76 bits per heavy atom. The highest BCUT2D eigenvalue weighted by Gasteiger charge is 2.35. The summed E-state index contributed by atoms with van der Waals surface area (Å²) in [5.41, 5.74) is 2.62. The third-order valence-electron chi connectivity index (χ3n) is 6.82. The summed E-state index contributed by atoms with van der Waals surface area (Å²) < 4.78 is 11.8. The molecule has 2 bridgehead atoms. The van der Waals surface area contributed by atoms with Crippen molar-refractivity contribution in [3.8, 4) is 5.75 Å². The average molecular weight is 465 g/mol. The fourth-order valence-electron chi connectivity index (χ4n) is 4.93. The molecule has 3 fully saturated rings. The zero-order valence-corrected chi connectivity index (χ0v) is 20.1. The van der Waals surface area contributed by atoms with Crippen molar-refractivity contribution in [2.75, 3.05) is 25.1 Å². The highest BCUT2D eigenvalue weighted by atomic mass is 16.6. The number of oxime groups is 1. The van der Waals surface area contributed by atoms with E-state index >= 15 is 0 Å². The number of carbonyl (C=O) groups excluding carboxylic acids is 1. The summed E-state index contributed by atoms with van der Waals surface area (Å²) in [6.07, 6.45) is 8.83. The van der Waals surface area contributed by atoms with Crippen LogP contribution < -0.4 is 10.1 Å². The molecular formula is C28H36N2O4. The lowest BCUT2D eigenvalue weighted by molar-refractivity contribution is -0.118. The molecule has 6 nitrogen and oxygen atoms in total. The first kappa shape index (κ1) is 24.3. The van der Waals surface area contributed by atoms with E-state index in [1.54, 1.807) is 0 Å². The SMILES string of the molecule is CCC(=NOCCCOC1CC2CCC1CC2)c1ccc(OCC(=O)Nc2ccccc2)cc1. The number of rotatable bonds is 12. The first-order valence-corrected chi connectivity index (χ1v) is 12.6. The number of para-hydroxylation sites is 1. The molecule has 5 rings (SSSR count). The fraction of sp³-hybridized carbons (Fsp3) is 0.500. The number of ether oxygens (including phenoxy) is 2. The minimum atomic E-state index is -0.195. The van der Waals surface area contributed by atoms with E-state index in [0.29, 0.717) is 18.5 Å². The Morgan fingerprint density at radius 1 is 1.00 bits per heavy atom. The summed E-state index contributed by atoms with van der Waals surface area (Å²) >= 11 is 0. The molecule has 0 heterocycles. The van der Waals surface area contributed by atoms with E-state index in [-0.39, 0.29) is 12.5 Å². The Morgan fingerprint density at radius 3 is 2.44 bits per heavy atom. The van der Waals surface area contributed by atoms with Gasteiger partial charge < -0.3 is 19.6 Å². The third-order valence-corrected chi connectivity index (χ3v) is 6.82. The van der Waals surface area contributed by atoms with E-state index in [1.165, 1.54) is 32.1 Å². The summed E-state index contributed by atoms with van der Waals surface area (Å²) in [5, 5.41) is 7.15. The smallest absolute Gasteiger partial charge is 0.262 e. The van der Waals surface area contributed by atoms with E-state index < -0.39 is 0 Å². The average Bonchev–Trinajstić information content (AvgIpc) is 2.89. The van der Waals surface area contributed by atoms with Gasteiger partial charge in [-0.3, -0.25) is 4.79 Å². The van der Waals surface area contributed by atoms with Crippen LogP contribution in [0.5, 0.6) is 5.75 Å². The van der Waals surface area contributed by atoms with Gasteiger partial charge in [0.15, 0.2) is 6.61 Å². The largest absolute Gasteiger partial charge is 0.484 e. The molecule has 3 aliphatic rings. The highest BCUT2D eigenvalue weighted by molar-refractivity contribution is 6.00. The maximum absolute atomic E-state index is 12.0. The topological polar surface area (TPSA) is 69.1 Å². The summed E-state index contributed by atoms with van der Waals surface area (Å²) in [6, 6.07) is 16.9. The number of benzene rings is 2. The van der Waals surface area contributed by atoms with E-state index in [2.05, 4.69) is 17.4 Å². The molecule has 2 aromatic rings. The minimum absolute atomic E-state index is 0.0452. The van der Waals surface area contributed by atoms with Crippen LogP contribution >= 0.6 is 0 Å². The second-order valence-corrected chi connectivity index (χ2v) is 9.23. The summed E-state index contributed by atoms with van der Waals surface area (Å²) in [7, 11) is 0. The molecule has 34 heavy (non-hydrogen) atoms. The molecule has 1 amide bonds. The van der Waals surface area contributed by atoms with Crippen LogP contribution in [0.25, 0.3) is 0 Å². The normalized spacial score (nSPS) is 21.8. The van der Waals surface area contributed by atoms with Gasteiger partial charge in [0.25, 0.3) is 5.91 Å². The van der Waals surface area contributed by atoms with E-state index in [4.69, 9.17) is 14.3 Å². The zero-order chi connectivity index (χ0) is 23.6. The van der Waals surface area contributed by atoms with Crippen LogP contribution in [0.15, 0.2) is 59.8 Å². The number of nitrogens with one attached hydrogen (secondary N) is 1. The van der Waals surface area contributed by atoms with Crippen molar-refractivity contribution in [2.45, 2.75) is 58.0 Å². The molecule has 3 saturated carbocycles. The van der Waals surface area contributed by atoms with Crippen LogP contribution in [-0.2, 0) is 14.4 Å². The van der Waals surface area contributed by atoms with Gasteiger partial charge in [0.2, 0.25) is 0 Å². The zero-order valence-electron chi connectivity index (χ0n) is 20.1. The standard InChI is InChI=1S/C28H36N2O4/c1-2-26(30-34-18-6-17-32-27-19-21-9-11-23(27)12-10-21)22-13-15-25(16-14-22)33-20-28(31)29-24-7-4-3-5-8-24/h3-5,7-8,13-16,21,23,27H,2,6,9-12,17-20H2,1H3,(H,29,31). The lowest BCUT2D eigenvalue weighted by Crippen LogP contribution is -2.37. The monoisotopic (exact) mass is 464 g/mol. The van der Waals surface area contributed by atoms with Gasteiger partial charge in [0, 0.05) is 12.1 Å². The summed E-state index contributed by atoms with van der Waals surface area (Å²) in [6.45, 7) is 3.31. The maximum atomic E-state index is 12.0. The second kappa shape index (κ2) is 12.6. The van der Waals surface area contributed by atoms with Gasteiger partial charge in [-0.1, -0.05) is 30.3 Å². The Kier molecular flexibility index (Phi) is 8.97. The number of fused-ring (bicyclic) bond motifs is 3. The number of anilines is 1. The Bertz CT molecular complexity index is 921. The molecule has 0 spiro atoms. The van der Waals surface area contributed by atoms with Crippen molar-refractivity contribution in [3.05, 3.63) is 60.2 Å². The Labute approximate surface area is 202 Å². The number of nitrogens with zero attached hydrogens (tertiary/aromatic N) is 1. The molecule has 1 unspecified atom stereocenters. The number of amides is 1. The second-order valence-electron chi connectivity index (χ2n) is 9.23. The molecule has 1 atom stereocenters. The number of hydrogen-bond acceptors (Lipinski definition) is 5. The predicted molar refractivity (Wildman–Crippen MR) is 134 cm³/mol. The van der Waals surface area contributed by atoms with Gasteiger partial charge >= 0.3 is 0 Å². The summed E-state index contributed by atoms with van der Waals surface area (Å²) in [5.74, 6) is 2.11. The van der Waals surface area contributed by atoms with Gasteiger partial charge in [0.05, 0.1) is 18.4 Å². The van der Waals surface area contributed by atoms with E-state index in [0.717, 1.165) is 48.2 Å². The lowest BCUT2D eigenvalue weighted by atomic mass is 9.69. The molecule has 2 aromatic carbocycles. The van der Waals surface area contributed by atoms with Gasteiger partial charge in [0.1, 0.15) is 12.4 Å². The predicted octanol–water partition coefficient (Wildman–Crippen LogP) is 5.82. The molecule has 3 aliphatic carbocycles. The third kappa shape index (κ3) is 7.07. The van der Waals surface area contributed by atoms with Crippen molar-refractivity contribution in [1.29, 1.82) is 0 Å². The molecule has 0 aromatic heterocycles. The number of hydrogen-bond donors (Lipinski definition) is 1. The Hall–Kier alpha value is -2.86. The van der Waals surface area contributed by atoms with Crippen LogP contribution in [0, 0.1) is 11.8 Å². The molecular weight excluding hydrogens is 428 g/mol. The molecule has 182 valence electrons. The van der Waals surface area contributed by atoms with Gasteiger partial charge in [-0.15, -0.1) is 0 Å². The van der Waals surface area contributed by atoms with Crippen molar-refractivity contribution in [1.82, 2.24) is 0 Å². The van der Waals surface area contributed by atoms with Crippen LogP contribution in [0.4, 0.5) is 5.69 Å². The van der Waals surface area contributed by atoms with Crippen molar-refractivity contribution in [2.24, 2.45) is 17.0 Å². The van der Waals surface area contributed by atoms with Crippen LogP contribution in [0.2, 0.25) is 0 Å². The van der Waals surface area contributed by atoms with Crippen molar-refractivity contribution >= 4 is 17.3 Å². The maximum Gasteiger partial charge on any atom is 0.262 e. The molecule has 1 N–H and O–H groups in total. The van der Waals surface area contributed by atoms with Crippen LogP contribution in [-0.4, -0.2) is 37.5 Å². The van der Waals surface area contributed by atoms with Crippen molar-refractivity contribution < 1.29 is 19.1 Å². The Balaban J connectivity index is 1.15. The number of carbonyl (C=O) groups is 1.